The average Bonchev–Trinajstić information content (AvgIpc) is 2.27. The second kappa shape index (κ2) is 3.75. The highest BCUT2D eigenvalue weighted by Crippen LogP contribution is 2.27. The van der Waals surface area contributed by atoms with E-state index in [0.717, 1.165) is 10.5 Å². The van der Waals surface area contributed by atoms with Crippen molar-refractivity contribution in [3.8, 4) is 0 Å². The van der Waals surface area contributed by atoms with Crippen LogP contribution in [-0.2, 0) is 9.53 Å². The molecule has 1 aliphatic heterocycles. The summed E-state index contributed by atoms with van der Waals surface area (Å²) in [5, 5.41) is 0. The lowest BCUT2D eigenvalue weighted by atomic mass is 10.2. The number of nitrogens with one attached hydrogen (secondary N) is 1. The quantitative estimate of drug-likeness (QED) is 0.563. The lowest BCUT2D eigenvalue weighted by Crippen LogP contribution is -2.17. The van der Waals surface area contributed by atoms with Crippen molar-refractivity contribution in [1.29, 1.82) is 0 Å². The first kappa shape index (κ1) is 9.15. The zero-order chi connectivity index (χ0) is 9.97. The lowest BCUT2D eigenvalue weighted by Gasteiger charge is -2.15. The fourth-order valence-electron chi connectivity index (χ4n) is 1.20. The van der Waals surface area contributed by atoms with Gasteiger partial charge in [-0.3, -0.25) is 0 Å². The van der Waals surface area contributed by atoms with Crippen molar-refractivity contribution >= 4 is 24.0 Å². The molecule has 1 aromatic carbocycles. The van der Waals surface area contributed by atoms with Crippen molar-refractivity contribution in [2.45, 2.75) is 4.90 Å². The number of carbonyl (C=O) groups is 1. The molecule has 0 fully saturated rings. The Bertz CT molecular complexity index is 401. The first-order valence-electron chi connectivity index (χ1n) is 4.13. The van der Waals surface area contributed by atoms with Crippen LogP contribution in [0.15, 0.2) is 34.9 Å². The summed E-state index contributed by atoms with van der Waals surface area (Å²) in [6.45, 7) is 0. The summed E-state index contributed by atoms with van der Waals surface area (Å²) in [7, 11) is 1.37. The van der Waals surface area contributed by atoms with Gasteiger partial charge in [0.25, 0.3) is 0 Å². The van der Waals surface area contributed by atoms with Crippen LogP contribution < -0.4 is 4.72 Å². The summed E-state index contributed by atoms with van der Waals surface area (Å²) in [5.74, 6) is -0.341. The zero-order valence-corrected chi connectivity index (χ0v) is 8.43. The zero-order valence-electron chi connectivity index (χ0n) is 7.61. The van der Waals surface area contributed by atoms with Gasteiger partial charge < -0.3 is 9.46 Å². The average molecular weight is 207 g/mol. The van der Waals surface area contributed by atoms with Crippen LogP contribution in [0.4, 0.5) is 0 Å². The van der Waals surface area contributed by atoms with Gasteiger partial charge in [0.05, 0.1) is 7.11 Å². The second-order valence-corrected chi connectivity index (χ2v) is 3.64. The van der Waals surface area contributed by atoms with E-state index in [1.165, 1.54) is 19.1 Å². The number of hydrogen-bond donors (Lipinski definition) is 1. The van der Waals surface area contributed by atoms with Crippen LogP contribution in [0, 0.1) is 0 Å². The van der Waals surface area contributed by atoms with E-state index in [9.17, 15) is 4.79 Å². The highest BCUT2D eigenvalue weighted by atomic mass is 32.2. The summed E-state index contributed by atoms with van der Waals surface area (Å²) < 4.78 is 7.55. The van der Waals surface area contributed by atoms with Crippen molar-refractivity contribution in [2.24, 2.45) is 0 Å². The summed E-state index contributed by atoms with van der Waals surface area (Å²) >= 11 is 1.42. The molecule has 4 heteroatoms. The third-order valence-electron chi connectivity index (χ3n) is 1.90. The third kappa shape index (κ3) is 1.61. The van der Waals surface area contributed by atoms with Crippen LogP contribution in [-0.4, -0.2) is 13.1 Å². The normalized spacial score (nSPS) is 13.6. The van der Waals surface area contributed by atoms with E-state index in [1.807, 2.05) is 24.3 Å². The molecule has 72 valence electrons. The summed E-state index contributed by atoms with van der Waals surface area (Å²) in [6.07, 6.45) is 1.79. The van der Waals surface area contributed by atoms with Gasteiger partial charge in [0.1, 0.15) is 5.70 Å². The molecule has 0 amide bonds. The summed E-state index contributed by atoms with van der Waals surface area (Å²) in [5.41, 5.74) is 1.52. The molecule has 1 N–H and O–H groups in total. The van der Waals surface area contributed by atoms with Crippen molar-refractivity contribution in [3.63, 3.8) is 0 Å². The predicted octanol–water partition coefficient (Wildman–Crippen LogP) is 1.81. The number of benzene rings is 1. The highest BCUT2D eigenvalue weighted by Gasteiger charge is 2.15. The minimum atomic E-state index is -0.341. The lowest BCUT2D eigenvalue weighted by molar-refractivity contribution is -0.136. The van der Waals surface area contributed by atoms with Crippen molar-refractivity contribution in [1.82, 2.24) is 4.72 Å². The van der Waals surface area contributed by atoms with Crippen molar-refractivity contribution < 1.29 is 9.53 Å². The molecule has 0 saturated carbocycles. The van der Waals surface area contributed by atoms with E-state index in [2.05, 4.69) is 9.46 Å². The Kier molecular flexibility index (Phi) is 2.45. The van der Waals surface area contributed by atoms with E-state index in [0.29, 0.717) is 5.70 Å². The number of methoxy groups -OCH3 is 1. The molecular formula is C10H9NO2S. The van der Waals surface area contributed by atoms with Gasteiger partial charge in [-0.25, -0.2) is 4.79 Å². The van der Waals surface area contributed by atoms with Crippen LogP contribution in [0.2, 0.25) is 0 Å². The molecule has 0 saturated heterocycles. The minimum Gasteiger partial charge on any atom is -0.464 e. The predicted molar refractivity (Wildman–Crippen MR) is 55.4 cm³/mol. The third-order valence-corrected chi connectivity index (χ3v) is 2.81. The Hall–Kier alpha value is -1.42. The Labute approximate surface area is 86.3 Å². The van der Waals surface area contributed by atoms with Gasteiger partial charge in [-0.2, -0.15) is 0 Å². The van der Waals surface area contributed by atoms with Gasteiger partial charge >= 0.3 is 5.97 Å². The molecule has 1 aromatic rings. The molecule has 0 bridgehead atoms. The molecule has 1 heterocycles. The number of hydrogen-bond acceptors (Lipinski definition) is 4. The smallest absolute Gasteiger partial charge is 0.355 e. The van der Waals surface area contributed by atoms with Crippen LogP contribution >= 0.6 is 11.9 Å². The van der Waals surface area contributed by atoms with Gasteiger partial charge in [0, 0.05) is 4.90 Å². The van der Waals surface area contributed by atoms with Gasteiger partial charge in [-0.05, 0) is 29.7 Å². The van der Waals surface area contributed by atoms with Gasteiger partial charge in [0.2, 0.25) is 0 Å². The first-order chi connectivity index (χ1) is 6.81. The van der Waals surface area contributed by atoms with E-state index in [-0.39, 0.29) is 5.97 Å². The number of carbonyl (C=O) groups excluding carboxylic acids is 1. The molecule has 0 unspecified atom stereocenters. The van der Waals surface area contributed by atoms with Crippen LogP contribution in [0.25, 0.3) is 6.08 Å². The Morgan fingerprint density at radius 2 is 2.21 bits per heavy atom. The molecular weight excluding hydrogens is 198 g/mol. The Morgan fingerprint density at radius 1 is 1.43 bits per heavy atom. The Morgan fingerprint density at radius 3 is 3.00 bits per heavy atom. The van der Waals surface area contributed by atoms with Crippen molar-refractivity contribution in [2.75, 3.05) is 7.11 Å². The highest BCUT2D eigenvalue weighted by molar-refractivity contribution is 7.97. The van der Waals surface area contributed by atoms with Crippen LogP contribution in [0.5, 0.6) is 0 Å². The van der Waals surface area contributed by atoms with Crippen LogP contribution in [0.1, 0.15) is 5.56 Å². The standard InChI is InChI=1S/C10H9NO2S/c1-13-10(12)8-6-7-4-2-3-5-9(7)14-11-8/h2-6,11H,1H3. The number of fused-ring (bicyclic) bond motifs is 1. The topological polar surface area (TPSA) is 38.3 Å². The Balaban J connectivity index is 2.36. The maximum absolute atomic E-state index is 11.2. The van der Waals surface area contributed by atoms with Gasteiger partial charge in [-0.15, -0.1) is 0 Å². The molecule has 0 atom stereocenters. The second-order valence-electron chi connectivity index (χ2n) is 2.79. The largest absolute Gasteiger partial charge is 0.464 e. The molecule has 1 aliphatic rings. The van der Waals surface area contributed by atoms with Crippen molar-refractivity contribution in [3.05, 3.63) is 35.5 Å². The molecule has 0 aliphatic carbocycles. The van der Waals surface area contributed by atoms with E-state index in [4.69, 9.17) is 0 Å². The molecule has 3 nitrogen and oxygen atoms in total. The van der Waals surface area contributed by atoms with E-state index in [1.54, 1.807) is 6.08 Å². The molecule has 14 heavy (non-hydrogen) atoms. The number of ether oxygens (including phenoxy) is 1. The molecule has 2 rings (SSSR count). The minimum absolute atomic E-state index is 0.341. The van der Waals surface area contributed by atoms with Gasteiger partial charge in [-0.1, -0.05) is 18.2 Å². The maximum atomic E-state index is 11.2. The number of esters is 1. The monoisotopic (exact) mass is 207 g/mol. The van der Waals surface area contributed by atoms with E-state index >= 15 is 0 Å². The molecule has 0 radical (unpaired) electrons. The van der Waals surface area contributed by atoms with Gasteiger partial charge in [0.15, 0.2) is 0 Å². The molecule has 0 spiro atoms. The SMILES string of the molecule is COC(=O)C1=Cc2ccccc2SN1. The maximum Gasteiger partial charge on any atom is 0.355 e. The molecule has 0 aromatic heterocycles. The summed E-state index contributed by atoms with van der Waals surface area (Å²) in [6, 6.07) is 7.87. The van der Waals surface area contributed by atoms with E-state index < -0.39 is 0 Å². The summed E-state index contributed by atoms with van der Waals surface area (Å²) in [4.78, 5) is 12.3. The van der Waals surface area contributed by atoms with Crippen LogP contribution in [0.3, 0.4) is 0 Å². The number of rotatable bonds is 1. The fourth-order valence-corrected chi connectivity index (χ4v) is 1.95. The first-order valence-corrected chi connectivity index (χ1v) is 4.95. The fraction of sp³-hybridized carbons (Fsp3) is 0.100.